The largest absolute Gasteiger partial charge is 0.278 e. The van der Waals surface area contributed by atoms with Crippen LogP contribution in [-0.2, 0) is 6.54 Å². The van der Waals surface area contributed by atoms with Crippen LogP contribution in [-0.4, -0.2) is 15.9 Å². The zero-order chi connectivity index (χ0) is 22.8. The van der Waals surface area contributed by atoms with Crippen molar-refractivity contribution >= 4 is 32.6 Å². The summed E-state index contributed by atoms with van der Waals surface area (Å²) in [4.78, 5) is 24.8. The van der Waals surface area contributed by atoms with Gasteiger partial charge >= 0.3 is 0 Å². The van der Waals surface area contributed by atoms with E-state index >= 15 is 0 Å². The third-order valence-electron chi connectivity index (χ3n) is 5.69. The van der Waals surface area contributed by atoms with Crippen LogP contribution in [0.4, 0.5) is 5.13 Å². The molecular formula is C28H23N3OS. The number of aryl methyl sites for hydroxylation is 2. The molecule has 0 saturated carbocycles. The van der Waals surface area contributed by atoms with Crippen molar-refractivity contribution in [3.63, 3.8) is 0 Å². The minimum absolute atomic E-state index is 0.0883. The van der Waals surface area contributed by atoms with Gasteiger partial charge in [0.2, 0.25) is 0 Å². The van der Waals surface area contributed by atoms with Crippen molar-refractivity contribution in [1.29, 1.82) is 0 Å². The summed E-state index contributed by atoms with van der Waals surface area (Å²) in [5.74, 6) is -0.0883. The number of hydrogen-bond acceptors (Lipinski definition) is 4. The fraction of sp³-hybridized carbons (Fsp3) is 0.107. The number of fused-ring (bicyclic) bond motifs is 1. The normalized spacial score (nSPS) is 11.0. The van der Waals surface area contributed by atoms with Crippen molar-refractivity contribution in [1.82, 2.24) is 9.97 Å². The molecular weight excluding hydrogens is 426 g/mol. The molecule has 5 heteroatoms. The SMILES string of the molecule is Cc1ccc(C)c2sc(N(Cc3ccccn3)C(=O)c3ccc(-c4ccccc4)cc3)nc12. The average molecular weight is 450 g/mol. The highest BCUT2D eigenvalue weighted by Gasteiger charge is 2.23. The third kappa shape index (κ3) is 4.28. The number of nitrogens with zero attached hydrogens (tertiary/aromatic N) is 3. The standard InChI is InChI=1S/C28H23N3OS/c1-19-11-12-20(2)26-25(19)30-28(33-26)31(18-24-10-6-7-17-29-24)27(32)23-15-13-22(14-16-23)21-8-4-3-5-9-21/h3-17H,18H2,1-2H3. The van der Waals surface area contributed by atoms with Gasteiger partial charge in [0.15, 0.2) is 5.13 Å². The van der Waals surface area contributed by atoms with Crippen molar-refractivity contribution in [3.05, 3.63) is 114 Å². The lowest BCUT2D eigenvalue weighted by molar-refractivity contribution is 0.0985. The van der Waals surface area contributed by atoms with E-state index in [1.54, 1.807) is 22.4 Å². The Morgan fingerprint density at radius 2 is 1.52 bits per heavy atom. The Bertz CT molecular complexity index is 1370. The zero-order valence-electron chi connectivity index (χ0n) is 18.5. The van der Waals surface area contributed by atoms with Crippen LogP contribution in [0.25, 0.3) is 21.3 Å². The smallest absolute Gasteiger partial charge is 0.260 e. The van der Waals surface area contributed by atoms with Gasteiger partial charge in [-0.15, -0.1) is 0 Å². The second kappa shape index (κ2) is 8.96. The lowest BCUT2D eigenvalue weighted by atomic mass is 10.0. The molecule has 0 fully saturated rings. The molecule has 3 aromatic carbocycles. The molecule has 0 aliphatic heterocycles. The maximum atomic E-state index is 13.7. The first-order valence-corrected chi connectivity index (χ1v) is 11.7. The predicted octanol–water partition coefficient (Wildman–Crippen LogP) is 6.82. The molecule has 5 rings (SSSR count). The molecule has 162 valence electrons. The Balaban J connectivity index is 1.54. The molecule has 0 N–H and O–H groups in total. The van der Waals surface area contributed by atoms with Gasteiger partial charge in [-0.05, 0) is 60.4 Å². The van der Waals surface area contributed by atoms with E-state index in [4.69, 9.17) is 4.98 Å². The Morgan fingerprint density at radius 3 is 2.21 bits per heavy atom. The maximum Gasteiger partial charge on any atom is 0.260 e. The number of hydrogen-bond donors (Lipinski definition) is 0. The molecule has 0 saturated heterocycles. The van der Waals surface area contributed by atoms with Crippen molar-refractivity contribution in [2.75, 3.05) is 4.90 Å². The van der Waals surface area contributed by atoms with Gasteiger partial charge in [0.25, 0.3) is 5.91 Å². The first-order valence-electron chi connectivity index (χ1n) is 10.8. The molecule has 4 nitrogen and oxygen atoms in total. The summed E-state index contributed by atoms with van der Waals surface area (Å²) in [6.07, 6.45) is 1.75. The number of carbonyl (C=O) groups is 1. The molecule has 0 radical (unpaired) electrons. The van der Waals surface area contributed by atoms with Gasteiger partial charge in [-0.1, -0.05) is 72.0 Å². The van der Waals surface area contributed by atoms with Gasteiger partial charge in [-0.25, -0.2) is 4.98 Å². The van der Waals surface area contributed by atoms with Crippen LogP contribution >= 0.6 is 11.3 Å². The fourth-order valence-electron chi connectivity index (χ4n) is 3.84. The van der Waals surface area contributed by atoms with Crippen LogP contribution in [0, 0.1) is 13.8 Å². The first-order chi connectivity index (χ1) is 16.1. The number of aromatic nitrogens is 2. The fourth-order valence-corrected chi connectivity index (χ4v) is 4.94. The molecule has 2 heterocycles. The summed E-state index contributed by atoms with van der Waals surface area (Å²) in [6, 6.07) is 27.9. The highest BCUT2D eigenvalue weighted by atomic mass is 32.1. The lowest BCUT2D eigenvalue weighted by Gasteiger charge is -2.20. The van der Waals surface area contributed by atoms with E-state index in [-0.39, 0.29) is 5.91 Å². The molecule has 0 atom stereocenters. The van der Waals surface area contributed by atoms with E-state index < -0.39 is 0 Å². The van der Waals surface area contributed by atoms with Crippen molar-refractivity contribution in [2.45, 2.75) is 20.4 Å². The molecule has 0 aliphatic carbocycles. The Morgan fingerprint density at radius 1 is 0.818 bits per heavy atom. The Kier molecular flexibility index (Phi) is 5.71. The maximum absolute atomic E-state index is 13.7. The van der Waals surface area contributed by atoms with Crippen molar-refractivity contribution in [2.24, 2.45) is 0 Å². The van der Waals surface area contributed by atoms with Crippen LogP contribution in [0.2, 0.25) is 0 Å². The highest BCUT2D eigenvalue weighted by Crippen LogP contribution is 2.34. The van der Waals surface area contributed by atoms with Gasteiger partial charge in [-0.2, -0.15) is 0 Å². The summed E-state index contributed by atoms with van der Waals surface area (Å²) >= 11 is 1.55. The van der Waals surface area contributed by atoms with Crippen LogP contribution < -0.4 is 4.90 Å². The number of thiazole rings is 1. The van der Waals surface area contributed by atoms with Gasteiger partial charge in [-0.3, -0.25) is 14.7 Å². The summed E-state index contributed by atoms with van der Waals surface area (Å²) in [7, 11) is 0. The predicted molar refractivity (Wildman–Crippen MR) is 136 cm³/mol. The first kappa shape index (κ1) is 21.0. The number of benzene rings is 3. The topological polar surface area (TPSA) is 46.1 Å². The number of carbonyl (C=O) groups excluding carboxylic acids is 1. The Hall–Kier alpha value is -3.83. The molecule has 5 aromatic rings. The molecule has 0 spiro atoms. The number of rotatable bonds is 5. The molecule has 0 bridgehead atoms. The van der Waals surface area contributed by atoms with E-state index in [1.807, 2.05) is 60.7 Å². The van der Waals surface area contributed by atoms with Crippen molar-refractivity contribution in [3.8, 4) is 11.1 Å². The second-order valence-corrected chi connectivity index (χ2v) is 9.01. The number of amides is 1. The summed E-state index contributed by atoms with van der Waals surface area (Å²) in [6.45, 7) is 4.49. The average Bonchev–Trinajstić information content (AvgIpc) is 3.32. The van der Waals surface area contributed by atoms with Crippen LogP contribution in [0.15, 0.2) is 91.1 Å². The number of pyridine rings is 1. The van der Waals surface area contributed by atoms with Crippen LogP contribution in [0.5, 0.6) is 0 Å². The summed E-state index contributed by atoms with van der Waals surface area (Å²) in [5, 5.41) is 0.685. The molecule has 0 unspecified atom stereocenters. The molecule has 2 aromatic heterocycles. The van der Waals surface area contributed by atoms with E-state index in [0.29, 0.717) is 17.2 Å². The zero-order valence-corrected chi connectivity index (χ0v) is 19.3. The molecule has 0 aliphatic rings. The molecule has 33 heavy (non-hydrogen) atoms. The third-order valence-corrected chi connectivity index (χ3v) is 6.91. The Labute approximate surface area is 197 Å². The van der Waals surface area contributed by atoms with Crippen LogP contribution in [0.1, 0.15) is 27.2 Å². The number of anilines is 1. The lowest BCUT2D eigenvalue weighted by Crippen LogP contribution is -2.30. The summed E-state index contributed by atoms with van der Waals surface area (Å²) < 4.78 is 1.11. The monoisotopic (exact) mass is 449 g/mol. The minimum atomic E-state index is -0.0883. The minimum Gasteiger partial charge on any atom is -0.278 e. The summed E-state index contributed by atoms with van der Waals surface area (Å²) in [5.41, 5.74) is 6.87. The van der Waals surface area contributed by atoms with E-state index in [0.717, 1.165) is 38.2 Å². The van der Waals surface area contributed by atoms with Crippen molar-refractivity contribution < 1.29 is 4.79 Å². The van der Waals surface area contributed by atoms with E-state index in [1.165, 1.54) is 0 Å². The van der Waals surface area contributed by atoms with Gasteiger partial charge in [0.05, 0.1) is 22.5 Å². The van der Waals surface area contributed by atoms with Gasteiger partial charge in [0.1, 0.15) is 0 Å². The van der Waals surface area contributed by atoms with E-state index in [2.05, 4.69) is 43.1 Å². The van der Waals surface area contributed by atoms with Gasteiger partial charge in [0, 0.05) is 11.8 Å². The molecule has 1 amide bonds. The van der Waals surface area contributed by atoms with Crippen LogP contribution in [0.3, 0.4) is 0 Å². The van der Waals surface area contributed by atoms with E-state index in [9.17, 15) is 4.79 Å². The second-order valence-electron chi connectivity index (χ2n) is 8.03. The quantitative estimate of drug-likeness (QED) is 0.296. The van der Waals surface area contributed by atoms with Gasteiger partial charge < -0.3 is 0 Å². The highest BCUT2D eigenvalue weighted by molar-refractivity contribution is 7.22.